The van der Waals surface area contributed by atoms with Gasteiger partial charge in [0.25, 0.3) is 0 Å². The summed E-state index contributed by atoms with van der Waals surface area (Å²) in [4.78, 5) is 37.5. The molecule has 162 valence electrons. The number of rotatable bonds is 1. The molecule has 30 heavy (non-hydrogen) atoms. The van der Waals surface area contributed by atoms with Crippen LogP contribution >= 0.6 is 0 Å². The van der Waals surface area contributed by atoms with E-state index in [1.807, 2.05) is 6.08 Å². The molecule has 0 aromatic rings. The van der Waals surface area contributed by atoms with Crippen molar-refractivity contribution in [1.82, 2.24) is 0 Å². The van der Waals surface area contributed by atoms with Gasteiger partial charge < -0.3 is 9.47 Å². The van der Waals surface area contributed by atoms with Gasteiger partial charge in [-0.3, -0.25) is 14.4 Å². The van der Waals surface area contributed by atoms with Crippen molar-refractivity contribution in [3.8, 4) is 0 Å². The number of carbonyl (C=O) groups is 3. The molecule has 0 radical (unpaired) electrons. The zero-order chi connectivity index (χ0) is 21.1. The summed E-state index contributed by atoms with van der Waals surface area (Å²) in [7, 11) is 1.49. The minimum atomic E-state index is -0.344. The van der Waals surface area contributed by atoms with Gasteiger partial charge in [-0.1, -0.05) is 19.4 Å². The molecule has 1 saturated heterocycles. The minimum absolute atomic E-state index is 0.00417. The molecule has 1 aliphatic heterocycles. The van der Waals surface area contributed by atoms with Gasteiger partial charge in [0.05, 0.1) is 13.0 Å². The summed E-state index contributed by atoms with van der Waals surface area (Å²) in [6.07, 6.45) is 9.53. The first-order valence-corrected chi connectivity index (χ1v) is 11.7. The van der Waals surface area contributed by atoms with E-state index in [0.717, 1.165) is 38.5 Å². The summed E-state index contributed by atoms with van der Waals surface area (Å²) >= 11 is 0. The first kappa shape index (κ1) is 19.1. The van der Waals surface area contributed by atoms with Crippen LogP contribution in [0.25, 0.3) is 0 Å². The van der Waals surface area contributed by atoms with Crippen molar-refractivity contribution in [2.45, 2.75) is 77.2 Å². The molecule has 0 N–H and O–H groups in total. The van der Waals surface area contributed by atoms with Crippen molar-refractivity contribution in [1.29, 1.82) is 0 Å². The number of ketones is 1. The van der Waals surface area contributed by atoms with Crippen LogP contribution in [0.3, 0.4) is 0 Å². The van der Waals surface area contributed by atoms with Crippen LogP contribution in [-0.4, -0.2) is 30.4 Å². The molecular formula is C25H32O5. The summed E-state index contributed by atoms with van der Waals surface area (Å²) in [5.41, 5.74) is 0.877. The normalized spacial score (nSPS) is 53.2. The summed E-state index contributed by atoms with van der Waals surface area (Å²) in [5.74, 6) is 0.982. The van der Waals surface area contributed by atoms with Gasteiger partial charge in [0.1, 0.15) is 5.60 Å². The number of methoxy groups -OCH3 is 1. The van der Waals surface area contributed by atoms with Crippen molar-refractivity contribution >= 4 is 17.7 Å². The Bertz CT molecular complexity index is 905. The first-order chi connectivity index (χ1) is 14.2. The van der Waals surface area contributed by atoms with E-state index in [-0.39, 0.29) is 51.4 Å². The smallest absolute Gasteiger partial charge is 0.309 e. The van der Waals surface area contributed by atoms with Crippen molar-refractivity contribution in [3.63, 3.8) is 0 Å². The second-order valence-corrected chi connectivity index (χ2v) is 11.5. The van der Waals surface area contributed by atoms with Crippen LogP contribution in [0, 0.1) is 39.9 Å². The van der Waals surface area contributed by atoms with E-state index >= 15 is 0 Å². The molecule has 6 rings (SSSR count). The molecule has 5 fully saturated rings. The molecule has 5 aliphatic carbocycles. The molecule has 1 heterocycles. The van der Waals surface area contributed by atoms with Crippen molar-refractivity contribution in [2.75, 3.05) is 7.11 Å². The summed E-state index contributed by atoms with van der Waals surface area (Å²) in [5, 5.41) is 0. The second-order valence-electron chi connectivity index (χ2n) is 11.5. The van der Waals surface area contributed by atoms with Crippen molar-refractivity contribution < 1.29 is 23.9 Å². The molecule has 0 aromatic carbocycles. The quantitative estimate of drug-likeness (QED) is 0.609. The maximum Gasteiger partial charge on any atom is 0.309 e. The lowest BCUT2D eigenvalue weighted by Crippen LogP contribution is -2.59. The highest BCUT2D eigenvalue weighted by atomic mass is 16.6. The summed E-state index contributed by atoms with van der Waals surface area (Å²) in [6, 6.07) is 0. The first-order valence-electron chi connectivity index (χ1n) is 11.7. The molecule has 5 nitrogen and oxygen atoms in total. The van der Waals surface area contributed by atoms with Crippen LogP contribution < -0.4 is 0 Å². The second kappa shape index (κ2) is 5.58. The number of hydrogen-bond donors (Lipinski definition) is 0. The predicted octanol–water partition coefficient (Wildman–Crippen LogP) is 3.99. The highest BCUT2D eigenvalue weighted by Crippen LogP contribution is 2.85. The minimum Gasteiger partial charge on any atom is -0.469 e. The van der Waals surface area contributed by atoms with Gasteiger partial charge in [0, 0.05) is 18.3 Å². The van der Waals surface area contributed by atoms with E-state index in [1.165, 1.54) is 12.7 Å². The molecule has 0 aromatic heterocycles. The molecule has 0 bridgehead atoms. The van der Waals surface area contributed by atoms with Gasteiger partial charge in [0.15, 0.2) is 5.78 Å². The standard InChI is InChI=1S/C25H32O5/c1-22-7-4-16(26)10-14(22)11-17(21(28)29-3)20-18-5-8-24(9-6-19(27)30-24)23(18,2)12-15-13-25(15,20)22/h10,15,17-18,20H,4-9,11-13H2,1-3H3/t15?,17-,18?,20?,22?,23?,24-,25+/m1/s1. The fourth-order valence-electron chi connectivity index (χ4n) is 9.53. The summed E-state index contributed by atoms with van der Waals surface area (Å²) in [6.45, 7) is 4.71. The zero-order valence-corrected chi connectivity index (χ0v) is 18.3. The molecule has 5 heteroatoms. The molecule has 5 unspecified atom stereocenters. The molecule has 4 saturated carbocycles. The van der Waals surface area contributed by atoms with E-state index in [2.05, 4.69) is 13.8 Å². The Balaban J connectivity index is 1.49. The summed E-state index contributed by atoms with van der Waals surface area (Å²) < 4.78 is 11.4. The van der Waals surface area contributed by atoms with Crippen LogP contribution in [-0.2, 0) is 23.9 Å². The van der Waals surface area contributed by atoms with Gasteiger partial charge in [-0.2, -0.15) is 0 Å². The molecule has 2 spiro atoms. The monoisotopic (exact) mass is 412 g/mol. The van der Waals surface area contributed by atoms with Gasteiger partial charge in [-0.15, -0.1) is 0 Å². The molecular weight excluding hydrogens is 380 g/mol. The third-order valence-electron chi connectivity index (χ3n) is 10.9. The largest absolute Gasteiger partial charge is 0.469 e. The van der Waals surface area contributed by atoms with E-state index in [1.54, 1.807) is 0 Å². The average Bonchev–Trinajstić information content (AvgIpc) is 3.20. The lowest BCUT2D eigenvalue weighted by Gasteiger charge is -2.61. The van der Waals surface area contributed by atoms with Crippen molar-refractivity contribution in [2.24, 2.45) is 39.9 Å². The maximum absolute atomic E-state index is 13.1. The highest BCUT2D eigenvalue weighted by molar-refractivity contribution is 5.92. The van der Waals surface area contributed by atoms with Crippen LogP contribution in [0.2, 0.25) is 0 Å². The predicted molar refractivity (Wildman–Crippen MR) is 108 cm³/mol. The SMILES string of the molecule is COC(=O)[C@@H]1CC2=CC(=O)CCC2(C)[C@@]23CC2CC2(C)C(CC[C@@]24CCC(=O)O4)C13. The van der Waals surface area contributed by atoms with Gasteiger partial charge >= 0.3 is 11.9 Å². The number of allylic oxidation sites excluding steroid dienone is 1. The topological polar surface area (TPSA) is 69.7 Å². The Morgan fingerprint density at radius 1 is 1.13 bits per heavy atom. The molecule has 6 aliphatic rings. The number of ether oxygens (including phenoxy) is 2. The van der Waals surface area contributed by atoms with Gasteiger partial charge in [0.2, 0.25) is 0 Å². The molecule has 8 atom stereocenters. The Morgan fingerprint density at radius 2 is 1.93 bits per heavy atom. The van der Waals surface area contributed by atoms with Gasteiger partial charge in [-0.25, -0.2) is 0 Å². The maximum atomic E-state index is 13.1. The fourth-order valence-corrected chi connectivity index (χ4v) is 9.53. The van der Waals surface area contributed by atoms with Crippen LogP contribution in [0.15, 0.2) is 11.6 Å². The van der Waals surface area contributed by atoms with E-state index in [0.29, 0.717) is 31.1 Å². The highest BCUT2D eigenvalue weighted by Gasteiger charge is 2.81. The van der Waals surface area contributed by atoms with E-state index in [4.69, 9.17) is 9.47 Å². The van der Waals surface area contributed by atoms with Crippen molar-refractivity contribution in [3.05, 3.63) is 11.6 Å². The van der Waals surface area contributed by atoms with E-state index < -0.39 is 0 Å². The van der Waals surface area contributed by atoms with Crippen LogP contribution in [0.1, 0.15) is 71.6 Å². The number of esters is 2. The lowest BCUT2D eigenvalue weighted by atomic mass is 9.43. The fraction of sp³-hybridized carbons (Fsp3) is 0.800. The lowest BCUT2D eigenvalue weighted by molar-refractivity contribution is -0.179. The number of carbonyl (C=O) groups excluding carboxylic acids is 3. The van der Waals surface area contributed by atoms with E-state index in [9.17, 15) is 14.4 Å². The van der Waals surface area contributed by atoms with Gasteiger partial charge in [-0.05, 0) is 79.6 Å². The zero-order valence-electron chi connectivity index (χ0n) is 18.3. The molecule has 0 amide bonds. The third-order valence-corrected chi connectivity index (χ3v) is 10.9. The Morgan fingerprint density at radius 3 is 2.63 bits per heavy atom. The average molecular weight is 413 g/mol. The number of hydrogen-bond acceptors (Lipinski definition) is 5. The Kier molecular flexibility index (Phi) is 3.54. The van der Waals surface area contributed by atoms with Crippen LogP contribution in [0.5, 0.6) is 0 Å². The van der Waals surface area contributed by atoms with Crippen LogP contribution in [0.4, 0.5) is 0 Å². The Hall–Kier alpha value is -1.65. The third kappa shape index (κ3) is 1.94. The Labute approximate surface area is 177 Å². The number of fused-ring (bicyclic) bond motifs is 4.